The lowest BCUT2D eigenvalue weighted by Gasteiger charge is -2.30. The predicted octanol–water partition coefficient (Wildman–Crippen LogP) is 2.27. The summed E-state index contributed by atoms with van der Waals surface area (Å²) in [6.07, 6.45) is 7.92. The van der Waals surface area contributed by atoms with E-state index in [1.54, 1.807) is 0 Å². The molecule has 1 rings (SSSR count). The van der Waals surface area contributed by atoms with Crippen molar-refractivity contribution in [3.8, 4) is 0 Å². The molecule has 0 aromatic carbocycles. The van der Waals surface area contributed by atoms with Gasteiger partial charge in [0.2, 0.25) is 0 Å². The Morgan fingerprint density at radius 1 is 0.857 bits per heavy atom. The van der Waals surface area contributed by atoms with Crippen LogP contribution in [-0.4, -0.2) is 12.1 Å². The molecule has 2 atom stereocenters. The van der Waals surface area contributed by atoms with Crippen molar-refractivity contribution in [2.75, 3.05) is 0 Å². The largest absolute Gasteiger partial charge is 0.328 e. The van der Waals surface area contributed by atoms with Gasteiger partial charge in [0.1, 0.15) is 0 Å². The van der Waals surface area contributed by atoms with Crippen molar-refractivity contribution in [1.82, 2.24) is 0 Å². The van der Waals surface area contributed by atoms with E-state index in [-0.39, 0.29) is 0 Å². The minimum Gasteiger partial charge on any atom is -0.328 e. The standard InChI is InChI=1S/C12H26N2/c1-9(13)7-11-3-5-12(6-4-11)8-10(2)14/h9-12H,3-8,13-14H2,1-2H3. The van der Waals surface area contributed by atoms with Crippen LogP contribution in [0.2, 0.25) is 0 Å². The Balaban J connectivity index is 2.17. The molecule has 0 heterocycles. The Bertz CT molecular complexity index is 128. The lowest BCUT2D eigenvalue weighted by molar-refractivity contribution is 0.238. The molecule has 1 saturated carbocycles. The van der Waals surface area contributed by atoms with E-state index in [1.165, 1.54) is 38.5 Å². The Morgan fingerprint density at radius 3 is 1.36 bits per heavy atom. The Hall–Kier alpha value is -0.0800. The summed E-state index contributed by atoms with van der Waals surface area (Å²) >= 11 is 0. The first-order valence-corrected chi connectivity index (χ1v) is 6.09. The fourth-order valence-electron chi connectivity index (χ4n) is 2.75. The van der Waals surface area contributed by atoms with E-state index >= 15 is 0 Å². The molecule has 2 unspecified atom stereocenters. The van der Waals surface area contributed by atoms with Gasteiger partial charge in [-0.2, -0.15) is 0 Å². The van der Waals surface area contributed by atoms with E-state index in [0.717, 1.165) is 11.8 Å². The van der Waals surface area contributed by atoms with Crippen LogP contribution in [0.3, 0.4) is 0 Å². The fraction of sp³-hybridized carbons (Fsp3) is 1.00. The lowest BCUT2D eigenvalue weighted by Crippen LogP contribution is -2.26. The second-order valence-electron chi connectivity index (χ2n) is 5.31. The van der Waals surface area contributed by atoms with Crippen LogP contribution in [0.5, 0.6) is 0 Å². The maximum Gasteiger partial charge on any atom is 0.00131 e. The van der Waals surface area contributed by atoms with Crippen LogP contribution in [0.15, 0.2) is 0 Å². The molecule has 14 heavy (non-hydrogen) atoms. The molecule has 1 aliphatic rings. The van der Waals surface area contributed by atoms with Gasteiger partial charge in [0.15, 0.2) is 0 Å². The number of hydrogen-bond acceptors (Lipinski definition) is 2. The maximum atomic E-state index is 5.82. The zero-order valence-corrected chi connectivity index (χ0v) is 9.71. The highest BCUT2D eigenvalue weighted by Crippen LogP contribution is 2.33. The summed E-state index contributed by atoms with van der Waals surface area (Å²) in [6.45, 7) is 4.24. The van der Waals surface area contributed by atoms with Crippen molar-refractivity contribution < 1.29 is 0 Å². The van der Waals surface area contributed by atoms with Gasteiger partial charge in [-0.1, -0.05) is 25.7 Å². The Morgan fingerprint density at radius 2 is 1.14 bits per heavy atom. The molecule has 0 spiro atoms. The van der Waals surface area contributed by atoms with Gasteiger partial charge >= 0.3 is 0 Å². The van der Waals surface area contributed by atoms with Crippen LogP contribution in [0, 0.1) is 11.8 Å². The number of rotatable bonds is 4. The summed E-state index contributed by atoms with van der Waals surface area (Å²) in [6, 6.07) is 0.759. The number of hydrogen-bond donors (Lipinski definition) is 2. The van der Waals surface area contributed by atoms with Crippen molar-refractivity contribution >= 4 is 0 Å². The van der Waals surface area contributed by atoms with Crippen molar-refractivity contribution in [3.05, 3.63) is 0 Å². The van der Waals surface area contributed by atoms with Gasteiger partial charge in [0.25, 0.3) is 0 Å². The molecule has 0 amide bonds. The zero-order valence-electron chi connectivity index (χ0n) is 9.71. The average molecular weight is 198 g/mol. The molecule has 2 nitrogen and oxygen atoms in total. The smallest absolute Gasteiger partial charge is 0.00131 e. The minimum absolute atomic E-state index is 0.380. The first-order chi connectivity index (χ1) is 6.58. The summed E-state index contributed by atoms with van der Waals surface area (Å²) in [5.74, 6) is 1.78. The van der Waals surface area contributed by atoms with Crippen LogP contribution >= 0.6 is 0 Å². The molecule has 0 saturated heterocycles. The van der Waals surface area contributed by atoms with E-state index in [1.807, 2.05) is 0 Å². The predicted molar refractivity (Wildman–Crippen MR) is 62.0 cm³/mol. The third-order valence-corrected chi connectivity index (χ3v) is 3.38. The summed E-state index contributed by atoms with van der Waals surface area (Å²) in [5, 5.41) is 0. The lowest BCUT2D eigenvalue weighted by atomic mass is 9.77. The van der Waals surface area contributed by atoms with Gasteiger partial charge in [0, 0.05) is 12.1 Å². The average Bonchev–Trinajstić information content (AvgIpc) is 2.06. The van der Waals surface area contributed by atoms with Gasteiger partial charge in [-0.3, -0.25) is 0 Å². The summed E-state index contributed by atoms with van der Waals surface area (Å²) in [5.41, 5.74) is 11.6. The molecule has 0 aromatic heterocycles. The van der Waals surface area contributed by atoms with Crippen molar-refractivity contribution in [1.29, 1.82) is 0 Å². The highest BCUT2D eigenvalue weighted by Gasteiger charge is 2.22. The third kappa shape index (κ3) is 4.43. The van der Waals surface area contributed by atoms with E-state index in [0.29, 0.717) is 12.1 Å². The summed E-state index contributed by atoms with van der Waals surface area (Å²) < 4.78 is 0. The molecule has 0 radical (unpaired) electrons. The Labute approximate surface area is 88.4 Å². The molecule has 84 valence electrons. The first kappa shape index (κ1) is 12.0. The van der Waals surface area contributed by atoms with Gasteiger partial charge in [-0.05, 0) is 38.5 Å². The van der Waals surface area contributed by atoms with Crippen LogP contribution in [0.25, 0.3) is 0 Å². The van der Waals surface area contributed by atoms with Gasteiger partial charge in [-0.25, -0.2) is 0 Å². The molecule has 0 bridgehead atoms. The van der Waals surface area contributed by atoms with Crippen molar-refractivity contribution in [2.24, 2.45) is 23.3 Å². The summed E-state index contributed by atoms with van der Waals surface area (Å²) in [4.78, 5) is 0. The molecule has 0 aromatic rings. The van der Waals surface area contributed by atoms with Gasteiger partial charge in [-0.15, -0.1) is 0 Å². The SMILES string of the molecule is CC(N)CC1CCC(CC(C)N)CC1. The molecular weight excluding hydrogens is 172 g/mol. The number of nitrogens with two attached hydrogens (primary N) is 2. The van der Waals surface area contributed by atoms with Crippen LogP contribution in [0.1, 0.15) is 52.4 Å². The van der Waals surface area contributed by atoms with Crippen molar-refractivity contribution in [3.63, 3.8) is 0 Å². The van der Waals surface area contributed by atoms with E-state index in [9.17, 15) is 0 Å². The van der Waals surface area contributed by atoms with Crippen LogP contribution in [0.4, 0.5) is 0 Å². The maximum absolute atomic E-state index is 5.82. The normalized spacial score (nSPS) is 32.6. The van der Waals surface area contributed by atoms with E-state index in [2.05, 4.69) is 13.8 Å². The second-order valence-corrected chi connectivity index (χ2v) is 5.31. The highest BCUT2D eigenvalue weighted by atomic mass is 14.6. The van der Waals surface area contributed by atoms with Gasteiger partial charge < -0.3 is 11.5 Å². The minimum atomic E-state index is 0.380. The molecule has 0 aliphatic heterocycles. The first-order valence-electron chi connectivity index (χ1n) is 6.09. The van der Waals surface area contributed by atoms with E-state index in [4.69, 9.17) is 11.5 Å². The fourth-order valence-corrected chi connectivity index (χ4v) is 2.75. The van der Waals surface area contributed by atoms with Gasteiger partial charge in [0.05, 0.1) is 0 Å². The third-order valence-electron chi connectivity index (χ3n) is 3.38. The van der Waals surface area contributed by atoms with Crippen molar-refractivity contribution in [2.45, 2.75) is 64.5 Å². The highest BCUT2D eigenvalue weighted by molar-refractivity contribution is 4.76. The van der Waals surface area contributed by atoms with Crippen LogP contribution < -0.4 is 11.5 Å². The quantitative estimate of drug-likeness (QED) is 0.728. The molecule has 4 N–H and O–H groups in total. The molecule has 1 aliphatic carbocycles. The van der Waals surface area contributed by atoms with Crippen LogP contribution in [-0.2, 0) is 0 Å². The molecular formula is C12H26N2. The second kappa shape index (κ2) is 5.72. The Kier molecular flexibility index (Phi) is 4.90. The monoisotopic (exact) mass is 198 g/mol. The summed E-state index contributed by atoms with van der Waals surface area (Å²) in [7, 11) is 0. The topological polar surface area (TPSA) is 52.0 Å². The molecule has 1 fully saturated rings. The van der Waals surface area contributed by atoms with E-state index < -0.39 is 0 Å². The molecule has 2 heteroatoms. The zero-order chi connectivity index (χ0) is 10.6.